The first kappa shape index (κ1) is 16.7. The maximum atomic E-state index is 11.9. The topological polar surface area (TPSA) is 93.7 Å². The third kappa shape index (κ3) is 5.64. The van der Waals surface area contributed by atoms with Gasteiger partial charge in [-0.2, -0.15) is 13.1 Å². The number of alkyl halides is 1. The van der Waals surface area contributed by atoms with E-state index in [1.54, 1.807) is 13.8 Å². The molecule has 1 fully saturated rings. The smallest absolute Gasteiger partial charge is 0.422 e. The molecule has 112 valence electrons. The van der Waals surface area contributed by atoms with E-state index in [1.807, 2.05) is 4.72 Å². The Morgan fingerprint density at radius 2 is 2.00 bits per heavy atom. The normalized spacial score (nSPS) is 19.2. The zero-order valence-electron chi connectivity index (χ0n) is 10.9. The number of nitrogens with one attached hydrogen (secondary N) is 2. The second-order valence-electron chi connectivity index (χ2n) is 4.69. The van der Waals surface area contributed by atoms with E-state index < -0.39 is 21.8 Å². The van der Waals surface area contributed by atoms with Crippen LogP contribution in [0.25, 0.3) is 0 Å². The Morgan fingerprint density at radius 1 is 1.42 bits per heavy atom. The minimum absolute atomic E-state index is 0.386. The van der Waals surface area contributed by atoms with Crippen molar-refractivity contribution in [2.75, 3.05) is 18.5 Å². The molecular weight excluding hydrogens is 340 g/mol. The molecule has 0 aromatic carbocycles. The molecule has 0 radical (unpaired) electrons. The van der Waals surface area contributed by atoms with Crippen LogP contribution in [0.2, 0.25) is 0 Å². The van der Waals surface area contributed by atoms with E-state index in [0.29, 0.717) is 31.4 Å². The van der Waals surface area contributed by atoms with Crippen molar-refractivity contribution in [3.8, 4) is 0 Å². The van der Waals surface area contributed by atoms with Crippen LogP contribution in [0, 0.1) is 0 Å². The number of amides is 1. The summed E-state index contributed by atoms with van der Waals surface area (Å²) in [5, 5.41) is 0.448. The Balaban J connectivity index is 2.64. The average Bonchev–Trinajstić information content (AvgIpc) is 2.27. The monoisotopic (exact) mass is 358 g/mol. The average molecular weight is 359 g/mol. The van der Waals surface area contributed by atoms with Gasteiger partial charge in [0.1, 0.15) is 0 Å². The predicted molar refractivity (Wildman–Crippen MR) is 73.4 cm³/mol. The first-order valence-electron chi connectivity index (χ1n) is 5.95. The van der Waals surface area contributed by atoms with Crippen LogP contribution in [0.5, 0.6) is 0 Å². The highest BCUT2D eigenvalue weighted by Gasteiger charge is 2.36. The molecule has 19 heavy (non-hydrogen) atoms. The summed E-state index contributed by atoms with van der Waals surface area (Å²) < 4.78 is 38.0. The Kier molecular flexibility index (Phi) is 6.03. The highest BCUT2D eigenvalue weighted by atomic mass is 79.9. The van der Waals surface area contributed by atoms with Crippen LogP contribution in [0.3, 0.4) is 0 Å². The first-order chi connectivity index (χ1) is 8.79. The molecule has 0 aromatic heterocycles. The van der Waals surface area contributed by atoms with Crippen LogP contribution >= 0.6 is 15.9 Å². The summed E-state index contributed by atoms with van der Waals surface area (Å²) in [7, 11) is -3.96. The van der Waals surface area contributed by atoms with Gasteiger partial charge in [-0.15, -0.1) is 0 Å². The van der Waals surface area contributed by atoms with Gasteiger partial charge in [0.05, 0.1) is 6.10 Å². The molecule has 2 N–H and O–H groups in total. The molecule has 1 amide bonds. The molecule has 0 saturated carbocycles. The molecular formula is C10H19BrN2O5S. The van der Waals surface area contributed by atoms with Crippen LogP contribution in [-0.4, -0.2) is 44.7 Å². The lowest BCUT2D eigenvalue weighted by Gasteiger charge is -2.35. The maximum Gasteiger partial charge on any atom is 0.422 e. The molecule has 1 aliphatic rings. The molecule has 0 atom stereocenters. The van der Waals surface area contributed by atoms with Crippen molar-refractivity contribution < 1.29 is 22.7 Å². The van der Waals surface area contributed by atoms with Crippen molar-refractivity contribution in [2.45, 2.75) is 38.3 Å². The summed E-state index contributed by atoms with van der Waals surface area (Å²) in [6, 6.07) is 0. The lowest BCUT2D eigenvalue weighted by Crippen LogP contribution is -2.57. The number of rotatable bonds is 5. The van der Waals surface area contributed by atoms with Gasteiger partial charge in [-0.1, -0.05) is 15.9 Å². The van der Waals surface area contributed by atoms with E-state index in [-0.39, 0.29) is 6.10 Å². The lowest BCUT2D eigenvalue weighted by atomic mass is 9.94. The van der Waals surface area contributed by atoms with E-state index in [9.17, 15) is 13.2 Å². The van der Waals surface area contributed by atoms with E-state index in [1.165, 1.54) is 0 Å². The van der Waals surface area contributed by atoms with Crippen LogP contribution in [-0.2, 0) is 19.7 Å². The highest BCUT2D eigenvalue weighted by molar-refractivity contribution is 9.09. The van der Waals surface area contributed by atoms with Crippen molar-refractivity contribution in [2.24, 2.45) is 0 Å². The summed E-state index contributed by atoms with van der Waals surface area (Å²) in [5.74, 6) is 0. The van der Waals surface area contributed by atoms with E-state index in [2.05, 4.69) is 20.7 Å². The third-order valence-corrected chi connectivity index (χ3v) is 4.83. The molecule has 1 saturated heterocycles. The minimum Gasteiger partial charge on any atom is -0.446 e. The van der Waals surface area contributed by atoms with Crippen molar-refractivity contribution in [1.29, 1.82) is 0 Å². The summed E-state index contributed by atoms with van der Waals surface area (Å²) in [6.07, 6.45) is -0.292. The van der Waals surface area contributed by atoms with Crippen LogP contribution in [0.1, 0.15) is 26.7 Å². The summed E-state index contributed by atoms with van der Waals surface area (Å²) in [5.41, 5.74) is -0.637. The molecule has 1 rings (SSSR count). The Morgan fingerprint density at radius 3 is 2.47 bits per heavy atom. The molecule has 0 spiro atoms. The summed E-state index contributed by atoms with van der Waals surface area (Å²) in [4.78, 5) is 11.3. The summed E-state index contributed by atoms with van der Waals surface area (Å²) >= 11 is 3.30. The van der Waals surface area contributed by atoms with E-state index in [4.69, 9.17) is 9.47 Å². The quantitative estimate of drug-likeness (QED) is 0.712. The Labute approximate surface area is 121 Å². The van der Waals surface area contributed by atoms with Crippen molar-refractivity contribution in [3.63, 3.8) is 0 Å². The van der Waals surface area contributed by atoms with Crippen molar-refractivity contribution >= 4 is 32.2 Å². The highest BCUT2D eigenvalue weighted by Crippen LogP contribution is 2.23. The van der Waals surface area contributed by atoms with Crippen LogP contribution in [0.15, 0.2) is 0 Å². The number of hydrogen-bond donors (Lipinski definition) is 2. The van der Waals surface area contributed by atoms with Gasteiger partial charge in [0.15, 0.2) is 0 Å². The lowest BCUT2D eigenvalue weighted by molar-refractivity contribution is 0.0556. The fraction of sp³-hybridized carbons (Fsp3) is 0.900. The molecule has 9 heteroatoms. The largest absolute Gasteiger partial charge is 0.446 e. The number of halogens is 1. The van der Waals surface area contributed by atoms with Gasteiger partial charge in [-0.25, -0.2) is 9.52 Å². The van der Waals surface area contributed by atoms with Crippen molar-refractivity contribution in [3.05, 3.63) is 0 Å². The number of carbonyl (C=O) groups excluding carboxylic acids is 1. The van der Waals surface area contributed by atoms with Crippen LogP contribution < -0.4 is 9.44 Å². The molecule has 0 aromatic rings. The Bertz CT molecular complexity index is 406. The standard InChI is InChI=1S/C10H19BrN2O5S/c1-8(2)18-9(14)12-19(15,16)13-10(7-11)3-5-17-6-4-10/h8,13H,3-7H2,1-2H3,(H,12,14). The van der Waals surface area contributed by atoms with E-state index in [0.717, 1.165) is 0 Å². The second kappa shape index (κ2) is 6.87. The number of hydrogen-bond acceptors (Lipinski definition) is 5. The fourth-order valence-electron chi connectivity index (χ4n) is 1.68. The van der Waals surface area contributed by atoms with Gasteiger partial charge in [0, 0.05) is 24.1 Å². The summed E-state index contributed by atoms with van der Waals surface area (Å²) in [6.45, 7) is 4.23. The molecule has 1 heterocycles. The van der Waals surface area contributed by atoms with Gasteiger partial charge < -0.3 is 9.47 Å². The maximum absolute atomic E-state index is 11.9. The zero-order valence-corrected chi connectivity index (χ0v) is 13.3. The Hall–Kier alpha value is -0.380. The van der Waals surface area contributed by atoms with E-state index >= 15 is 0 Å². The molecule has 0 unspecified atom stereocenters. The molecule has 1 aliphatic heterocycles. The molecule has 7 nitrogen and oxygen atoms in total. The zero-order chi connectivity index (χ0) is 14.5. The van der Waals surface area contributed by atoms with Gasteiger partial charge >= 0.3 is 16.3 Å². The first-order valence-corrected chi connectivity index (χ1v) is 8.55. The van der Waals surface area contributed by atoms with Gasteiger partial charge in [0.2, 0.25) is 0 Å². The second-order valence-corrected chi connectivity index (χ2v) is 6.66. The molecule has 0 bridgehead atoms. The van der Waals surface area contributed by atoms with Crippen LogP contribution in [0.4, 0.5) is 4.79 Å². The van der Waals surface area contributed by atoms with Gasteiger partial charge in [-0.3, -0.25) is 0 Å². The SMILES string of the molecule is CC(C)OC(=O)NS(=O)(=O)NC1(CBr)CCOCC1. The fourth-order valence-corrected chi connectivity index (χ4v) is 3.73. The number of ether oxygens (including phenoxy) is 2. The van der Waals surface area contributed by atoms with Gasteiger partial charge in [-0.05, 0) is 26.7 Å². The minimum atomic E-state index is -3.96. The number of carbonyl (C=O) groups is 1. The molecule has 0 aliphatic carbocycles. The van der Waals surface area contributed by atoms with Gasteiger partial charge in [0.25, 0.3) is 0 Å². The predicted octanol–water partition coefficient (Wildman–Crippen LogP) is 0.899. The third-order valence-electron chi connectivity index (χ3n) is 2.62. The van der Waals surface area contributed by atoms with Crippen molar-refractivity contribution in [1.82, 2.24) is 9.44 Å².